The lowest BCUT2D eigenvalue weighted by atomic mass is 9.88. The van der Waals surface area contributed by atoms with Gasteiger partial charge in [-0.05, 0) is 49.4 Å². The first-order chi connectivity index (χ1) is 14.0. The molecule has 0 saturated carbocycles. The quantitative estimate of drug-likeness (QED) is 0.661. The average Bonchev–Trinajstić information content (AvgIpc) is 3.07. The van der Waals surface area contributed by atoms with Gasteiger partial charge in [0.2, 0.25) is 0 Å². The fourth-order valence-corrected chi connectivity index (χ4v) is 3.85. The number of halogens is 2. The van der Waals surface area contributed by atoms with Crippen LogP contribution in [-0.4, -0.2) is 22.3 Å². The summed E-state index contributed by atoms with van der Waals surface area (Å²) in [6.45, 7) is -1.15. The van der Waals surface area contributed by atoms with Gasteiger partial charge >= 0.3 is 6.61 Å². The van der Waals surface area contributed by atoms with Crippen molar-refractivity contribution >= 4 is 11.7 Å². The van der Waals surface area contributed by atoms with Crippen LogP contribution in [0.15, 0.2) is 54.7 Å². The largest absolute Gasteiger partial charge is 0.434 e. The zero-order valence-corrected chi connectivity index (χ0v) is 15.9. The van der Waals surface area contributed by atoms with Gasteiger partial charge in [-0.25, -0.2) is 4.68 Å². The minimum Gasteiger partial charge on any atom is -0.434 e. The fraction of sp³-hybridized carbons (Fsp3) is 0.273. The smallest absolute Gasteiger partial charge is 0.387 e. The molecule has 1 heterocycles. The zero-order valence-electron chi connectivity index (χ0n) is 15.9. The molecule has 29 heavy (non-hydrogen) atoms. The normalized spacial score (nSPS) is 15.8. The number of ether oxygens (including phenoxy) is 1. The first-order valence-corrected chi connectivity index (χ1v) is 9.51. The highest BCUT2D eigenvalue weighted by Gasteiger charge is 2.26. The van der Waals surface area contributed by atoms with Crippen LogP contribution in [-0.2, 0) is 6.42 Å². The van der Waals surface area contributed by atoms with E-state index in [1.54, 1.807) is 18.3 Å². The van der Waals surface area contributed by atoms with Gasteiger partial charge in [0, 0.05) is 5.56 Å². The van der Waals surface area contributed by atoms with Gasteiger partial charge in [-0.3, -0.25) is 4.79 Å². The van der Waals surface area contributed by atoms with Gasteiger partial charge in [0.15, 0.2) is 0 Å². The Morgan fingerprint density at radius 3 is 2.79 bits per heavy atom. The molecule has 1 unspecified atom stereocenters. The minimum absolute atomic E-state index is 0.0107. The van der Waals surface area contributed by atoms with E-state index in [0.29, 0.717) is 5.82 Å². The summed E-state index contributed by atoms with van der Waals surface area (Å²) in [7, 11) is 0. The molecule has 5 nitrogen and oxygen atoms in total. The molecule has 0 saturated heterocycles. The summed E-state index contributed by atoms with van der Waals surface area (Å²) in [5.74, 6) is -0.120. The number of benzene rings is 2. The van der Waals surface area contributed by atoms with Gasteiger partial charge in [0.25, 0.3) is 5.91 Å². The van der Waals surface area contributed by atoms with Crippen molar-refractivity contribution in [3.05, 3.63) is 77.0 Å². The molecule has 0 radical (unpaired) electrons. The number of hydrogen-bond donors (Lipinski definition) is 1. The second kappa shape index (κ2) is 8.03. The maximum absolute atomic E-state index is 12.9. The predicted octanol–water partition coefficient (Wildman–Crippen LogP) is 4.97. The Balaban J connectivity index is 1.66. The Morgan fingerprint density at radius 2 is 1.97 bits per heavy atom. The summed E-state index contributed by atoms with van der Waals surface area (Å²) in [5.41, 5.74) is 3.32. The summed E-state index contributed by atoms with van der Waals surface area (Å²) >= 11 is 0. The number of carbonyl (C=O) groups excluding carboxylic acids is 1. The molecule has 1 amide bonds. The van der Waals surface area contributed by atoms with Crippen LogP contribution in [0.1, 0.15) is 45.9 Å². The van der Waals surface area contributed by atoms with Crippen molar-refractivity contribution in [3.63, 3.8) is 0 Å². The van der Waals surface area contributed by atoms with E-state index in [2.05, 4.69) is 27.3 Å². The van der Waals surface area contributed by atoms with Crippen molar-refractivity contribution in [2.24, 2.45) is 0 Å². The van der Waals surface area contributed by atoms with E-state index in [-0.39, 0.29) is 17.4 Å². The monoisotopic (exact) mass is 397 g/mol. The van der Waals surface area contributed by atoms with Crippen LogP contribution in [0.5, 0.6) is 5.75 Å². The number of para-hydroxylation sites is 1. The molecule has 1 aliphatic rings. The Hall–Kier alpha value is -3.22. The van der Waals surface area contributed by atoms with E-state index >= 15 is 0 Å². The van der Waals surface area contributed by atoms with E-state index in [1.807, 2.05) is 23.7 Å². The van der Waals surface area contributed by atoms with Crippen molar-refractivity contribution in [1.82, 2.24) is 9.78 Å². The van der Waals surface area contributed by atoms with Crippen molar-refractivity contribution in [1.29, 1.82) is 0 Å². The van der Waals surface area contributed by atoms with Crippen molar-refractivity contribution in [2.75, 3.05) is 5.32 Å². The average molecular weight is 397 g/mol. The van der Waals surface area contributed by atoms with Crippen molar-refractivity contribution in [2.45, 2.75) is 38.8 Å². The third-order valence-electron chi connectivity index (χ3n) is 5.19. The second-order valence-corrected chi connectivity index (χ2v) is 7.06. The van der Waals surface area contributed by atoms with Crippen LogP contribution in [0.3, 0.4) is 0 Å². The van der Waals surface area contributed by atoms with E-state index in [1.165, 1.54) is 23.3 Å². The van der Waals surface area contributed by atoms with Gasteiger partial charge in [0.1, 0.15) is 11.6 Å². The third-order valence-corrected chi connectivity index (χ3v) is 5.19. The first kappa shape index (κ1) is 19.1. The summed E-state index contributed by atoms with van der Waals surface area (Å²) < 4.78 is 31.7. The van der Waals surface area contributed by atoms with Gasteiger partial charge in [-0.2, -0.15) is 13.9 Å². The molecule has 0 spiro atoms. The molecule has 1 atom stereocenters. The number of nitrogens with one attached hydrogen (secondary N) is 1. The van der Waals surface area contributed by atoms with Crippen LogP contribution in [0.2, 0.25) is 0 Å². The van der Waals surface area contributed by atoms with E-state index < -0.39 is 12.5 Å². The number of alkyl halides is 2. The number of rotatable bonds is 5. The van der Waals surface area contributed by atoms with E-state index in [0.717, 1.165) is 24.8 Å². The molecule has 150 valence electrons. The van der Waals surface area contributed by atoms with Crippen LogP contribution in [0, 0.1) is 6.92 Å². The van der Waals surface area contributed by atoms with Crippen LogP contribution in [0.4, 0.5) is 14.6 Å². The molecular formula is C22H21F2N3O2. The summed E-state index contributed by atoms with van der Waals surface area (Å²) in [5, 5.41) is 7.36. The van der Waals surface area contributed by atoms with Gasteiger partial charge in [-0.15, -0.1) is 0 Å². The lowest BCUT2D eigenvalue weighted by Gasteiger charge is -2.27. The van der Waals surface area contributed by atoms with Gasteiger partial charge < -0.3 is 10.1 Å². The topological polar surface area (TPSA) is 56.2 Å². The van der Waals surface area contributed by atoms with Crippen molar-refractivity contribution < 1.29 is 18.3 Å². The number of amides is 1. The molecule has 3 aromatic rings. The maximum Gasteiger partial charge on any atom is 0.387 e. The third kappa shape index (κ3) is 3.85. The molecule has 1 aromatic heterocycles. The number of carbonyl (C=O) groups is 1. The SMILES string of the molecule is Cc1cnn(C2CCCc3ccccc32)c1NC(=O)c1ccccc1OC(F)F. The summed E-state index contributed by atoms with van der Waals surface area (Å²) in [6, 6.07) is 14.2. The highest BCUT2D eigenvalue weighted by Crippen LogP contribution is 2.35. The summed E-state index contributed by atoms with van der Waals surface area (Å²) in [6.07, 6.45) is 4.66. The van der Waals surface area contributed by atoms with Crippen LogP contribution in [0.25, 0.3) is 0 Å². The standard InChI is InChI=1S/C22H21F2N3O2/c1-14-13-25-27(18-11-6-8-15-7-2-3-9-16(15)18)20(14)26-21(28)17-10-4-5-12-19(17)29-22(23)24/h2-5,7,9-10,12-13,18,22H,6,8,11H2,1H3,(H,26,28). The molecule has 1 N–H and O–H groups in total. The zero-order chi connectivity index (χ0) is 20.4. The number of nitrogens with zero attached hydrogens (tertiary/aromatic N) is 2. The van der Waals surface area contributed by atoms with Gasteiger partial charge in [0.05, 0.1) is 17.8 Å². The number of fused-ring (bicyclic) bond motifs is 1. The van der Waals surface area contributed by atoms with Crippen LogP contribution >= 0.6 is 0 Å². The first-order valence-electron chi connectivity index (χ1n) is 9.51. The predicted molar refractivity (Wildman–Crippen MR) is 106 cm³/mol. The molecular weight excluding hydrogens is 376 g/mol. The number of aromatic nitrogens is 2. The highest BCUT2D eigenvalue weighted by atomic mass is 19.3. The molecule has 7 heteroatoms. The molecule has 0 bridgehead atoms. The van der Waals surface area contributed by atoms with Crippen LogP contribution < -0.4 is 10.1 Å². The van der Waals surface area contributed by atoms with E-state index in [9.17, 15) is 13.6 Å². The Labute approximate surface area is 167 Å². The minimum atomic E-state index is -3.00. The Morgan fingerprint density at radius 1 is 1.21 bits per heavy atom. The Bertz CT molecular complexity index is 1030. The van der Waals surface area contributed by atoms with Crippen molar-refractivity contribution in [3.8, 4) is 5.75 Å². The fourth-order valence-electron chi connectivity index (χ4n) is 3.85. The van der Waals surface area contributed by atoms with Gasteiger partial charge in [-0.1, -0.05) is 36.4 Å². The number of anilines is 1. The number of hydrogen-bond acceptors (Lipinski definition) is 3. The molecule has 0 fully saturated rings. The highest BCUT2D eigenvalue weighted by molar-refractivity contribution is 6.06. The summed E-state index contributed by atoms with van der Waals surface area (Å²) in [4.78, 5) is 12.9. The molecule has 1 aliphatic carbocycles. The second-order valence-electron chi connectivity index (χ2n) is 7.06. The lowest BCUT2D eigenvalue weighted by Crippen LogP contribution is -2.23. The molecule has 2 aromatic carbocycles. The molecule has 4 rings (SSSR count). The number of aryl methyl sites for hydroxylation is 2. The molecule has 0 aliphatic heterocycles. The van der Waals surface area contributed by atoms with E-state index in [4.69, 9.17) is 0 Å². The Kier molecular flexibility index (Phi) is 5.29. The maximum atomic E-state index is 12.9. The lowest BCUT2D eigenvalue weighted by molar-refractivity contribution is -0.0501.